The zero-order valence-electron chi connectivity index (χ0n) is 21.4. The quantitative estimate of drug-likeness (QED) is 0.152. The van der Waals surface area contributed by atoms with Crippen LogP contribution in [0.15, 0.2) is 48.5 Å². The number of aromatic carboxylic acids is 8. The second-order valence-corrected chi connectivity index (χ2v) is 8.18. The van der Waals surface area contributed by atoms with Gasteiger partial charge in [-0.2, -0.15) is 0 Å². The Bertz CT molecular complexity index is 1690. The van der Waals surface area contributed by atoms with Crippen LogP contribution in [-0.4, -0.2) is 94.4 Å². The van der Waals surface area contributed by atoms with Crippen molar-refractivity contribution in [3.05, 3.63) is 104 Å². The smallest absolute Gasteiger partial charge is 0.337 e. The van der Waals surface area contributed by atoms with Crippen LogP contribution in [0.1, 0.15) is 98.8 Å². The molecule has 44 heavy (non-hydrogen) atoms. The Hall–Kier alpha value is -6.91. The molecule has 0 aliphatic rings. The molecule has 0 saturated heterocycles. The molecule has 0 saturated carbocycles. The van der Waals surface area contributed by atoms with Crippen LogP contribution in [-0.2, 0) is 0 Å². The molecular weight excluding hydrogens is 596 g/mol. The Kier molecular flexibility index (Phi) is 9.97. The van der Waals surface area contributed by atoms with E-state index in [0.717, 1.165) is 0 Å². The van der Waals surface area contributed by atoms with Crippen LogP contribution in [0.5, 0.6) is 0 Å². The Labute approximate surface area is 242 Å². The molecule has 0 fully saturated rings. The number of carboxylic acids is 8. The molecule has 0 unspecified atom stereocenters. The fourth-order valence-corrected chi connectivity index (χ4v) is 3.74. The normalized spacial score (nSPS) is 10.0. The minimum Gasteiger partial charge on any atom is -0.478 e. The molecule has 3 aromatic rings. The maximum Gasteiger partial charge on any atom is 0.337 e. The van der Waals surface area contributed by atoms with Crippen LogP contribution in [0, 0.1) is 0 Å². The minimum atomic E-state index is -1.98. The van der Waals surface area contributed by atoms with Crippen molar-refractivity contribution >= 4 is 53.5 Å². The summed E-state index contributed by atoms with van der Waals surface area (Å²) in [6.45, 7) is 0. The second kappa shape index (κ2) is 13.2. The molecule has 17 heteroatoms. The number of benzene rings is 3. The molecule has 0 aromatic heterocycles. The molecule has 0 radical (unpaired) electrons. The first-order valence-corrected chi connectivity index (χ1v) is 11.3. The number of ketones is 1. The number of rotatable bonds is 10. The van der Waals surface area contributed by atoms with Crippen molar-refractivity contribution in [3.63, 3.8) is 0 Å². The third kappa shape index (κ3) is 6.86. The summed E-state index contributed by atoms with van der Waals surface area (Å²) >= 11 is 0. The SMILES string of the molecule is O=C(O)c1cc(C(=O)O)c(C(=O)O)cc1C(=O)O.O=C(O)c1cc(C(=O)c2ccccc2)c(C(=O)O)c(C(=O)O)c1C(=O)O. The average molecular weight is 612 g/mol. The zero-order chi connectivity index (χ0) is 33.6. The van der Waals surface area contributed by atoms with Gasteiger partial charge in [0.1, 0.15) is 0 Å². The summed E-state index contributed by atoms with van der Waals surface area (Å²) in [6.07, 6.45) is 0. The van der Waals surface area contributed by atoms with Crippen LogP contribution in [0.4, 0.5) is 0 Å². The molecule has 3 aromatic carbocycles. The van der Waals surface area contributed by atoms with Gasteiger partial charge in [-0.25, -0.2) is 38.4 Å². The van der Waals surface area contributed by atoms with Gasteiger partial charge in [-0.1, -0.05) is 30.3 Å². The molecule has 0 spiro atoms. The van der Waals surface area contributed by atoms with Crippen molar-refractivity contribution < 1.29 is 84.0 Å². The van der Waals surface area contributed by atoms with Crippen molar-refractivity contribution in [1.82, 2.24) is 0 Å². The highest BCUT2D eigenvalue weighted by molar-refractivity contribution is 6.21. The molecule has 17 nitrogen and oxygen atoms in total. The van der Waals surface area contributed by atoms with E-state index in [0.29, 0.717) is 18.2 Å². The van der Waals surface area contributed by atoms with Gasteiger partial charge in [-0.3, -0.25) is 4.79 Å². The van der Waals surface area contributed by atoms with Gasteiger partial charge in [0.15, 0.2) is 5.78 Å². The predicted octanol–water partition coefficient (Wildman–Crippen LogP) is 2.19. The van der Waals surface area contributed by atoms with Gasteiger partial charge in [0.05, 0.1) is 44.5 Å². The molecule has 226 valence electrons. The first kappa shape index (κ1) is 33.3. The fourth-order valence-electron chi connectivity index (χ4n) is 3.74. The minimum absolute atomic E-state index is 0.0225. The van der Waals surface area contributed by atoms with Gasteiger partial charge in [0.2, 0.25) is 0 Å². The summed E-state index contributed by atoms with van der Waals surface area (Å²) in [5, 5.41) is 72.1. The molecule has 0 aliphatic heterocycles. The van der Waals surface area contributed by atoms with E-state index in [2.05, 4.69) is 0 Å². The molecular formula is C27H16O17. The lowest BCUT2D eigenvalue weighted by Crippen LogP contribution is -2.23. The van der Waals surface area contributed by atoms with E-state index in [-0.39, 0.29) is 5.56 Å². The molecule has 0 atom stereocenters. The van der Waals surface area contributed by atoms with Gasteiger partial charge in [-0.05, 0) is 18.2 Å². The average Bonchev–Trinajstić information content (AvgIpc) is 2.95. The van der Waals surface area contributed by atoms with E-state index in [4.69, 9.17) is 20.4 Å². The van der Waals surface area contributed by atoms with Gasteiger partial charge < -0.3 is 40.9 Å². The van der Waals surface area contributed by atoms with E-state index in [9.17, 15) is 63.6 Å². The van der Waals surface area contributed by atoms with Crippen molar-refractivity contribution in [2.75, 3.05) is 0 Å². The number of carbonyl (C=O) groups is 9. The van der Waals surface area contributed by atoms with E-state index in [1.165, 1.54) is 24.3 Å². The molecule has 0 amide bonds. The molecule has 0 aliphatic carbocycles. The summed E-state index contributed by atoms with van der Waals surface area (Å²) in [7, 11) is 0. The van der Waals surface area contributed by atoms with Crippen LogP contribution < -0.4 is 0 Å². The van der Waals surface area contributed by atoms with Crippen molar-refractivity contribution in [2.45, 2.75) is 0 Å². The van der Waals surface area contributed by atoms with Crippen molar-refractivity contribution in [3.8, 4) is 0 Å². The first-order chi connectivity index (χ1) is 20.4. The Morgan fingerprint density at radius 3 is 0.932 bits per heavy atom. The van der Waals surface area contributed by atoms with Crippen molar-refractivity contribution in [1.29, 1.82) is 0 Å². The summed E-state index contributed by atoms with van der Waals surface area (Å²) in [4.78, 5) is 102. The van der Waals surface area contributed by atoms with E-state index < -0.39 is 104 Å². The van der Waals surface area contributed by atoms with Gasteiger partial charge in [0.25, 0.3) is 0 Å². The molecule has 0 heterocycles. The maximum absolute atomic E-state index is 12.6. The number of carboxylic acid groups (broad SMARTS) is 8. The highest BCUT2D eigenvalue weighted by atomic mass is 16.4. The third-order valence-electron chi connectivity index (χ3n) is 5.56. The largest absolute Gasteiger partial charge is 0.478 e. The van der Waals surface area contributed by atoms with Gasteiger partial charge in [-0.15, -0.1) is 0 Å². The van der Waals surface area contributed by atoms with Crippen LogP contribution in [0.3, 0.4) is 0 Å². The first-order valence-electron chi connectivity index (χ1n) is 11.3. The Morgan fingerprint density at radius 1 is 0.341 bits per heavy atom. The van der Waals surface area contributed by atoms with Gasteiger partial charge >= 0.3 is 47.8 Å². The van der Waals surface area contributed by atoms with Crippen molar-refractivity contribution in [2.24, 2.45) is 0 Å². The lowest BCUT2D eigenvalue weighted by atomic mass is 9.88. The Balaban J connectivity index is 0.000000329. The van der Waals surface area contributed by atoms with E-state index in [1.54, 1.807) is 6.07 Å². The van der Waals surface area contributed by atoms with Crippen LogP contribution >= 0.6 is 0 Å². The topological polar surface area (TPSA) is 315 Å². The highest BCUT2D eigenvalue weighted by Crippen LogP contribution is 2.27. The number of hydrogen-bond donors (Lipinski definition) is 8. The Morgan fingerprint density at radius 2 is 0.636 bits per heavy atom. The number of hydrogen-bond acceptors (Lipinski definition) is 9. The molecule has 0 bridgehead atoms. The predicted molar refractivity (Wildman–Crippen MR) is 138 cm³/mol. The van der Waals surface area contributed by atoms with E-state index >= 15 is 0 Å². The lowest BCUT2D eigenvalue weighted by Gasteiger charge is -2.14. The number of carbonyl (C=O) groups excluding carboxylic acids is 1. The standard InChI is InChI=1S/C17H10O9.C10H6O8/c18-13(7-4-2-1-3-5-7)8-6-9(14(19)20)11(16(23)24)12(17(25)26)10(8)15(21)22;11-7(12)3-1-4(8(13)14)6(10(17)18)2-5(3)9(15)16/h1-6H,(H,19,20)(H,21,22)(H,23,24)(H,25,26);1-2H,(H,11,12)(H,13,14)(H,15,16)(H,17,18). The summed E-state index contributed by atoms with van der Waals surface area (Å²) < 4.78 is 0. The summed E-state index contributed by atoms with van der Waals surface area (Å²) in [5.74, 6) is -15.2. The maximum atomic E-state index is 12.6. The summed E-state index contributed by atoms with van der Waals surface area (Å²) in [6, 6.07) is 8.74. The van der Waals surface area contributed by atoms with E-state index in [1.807, 2.05) is 0 Å². The summed E-state index contributed by atoms with van der Waals surface area (Å²) in [5.41, 5.74) is -8.48. The molecule has 3 rings (SSSR count). The zero-order valence-corrected chi connectivity index (χ0v) is 21.4. The monoisotopic (exact) mass is 612 g/mol. The highest BCUT2D eigenvalue weighted by Gasteiger charge is 2.34. The lowest BCUT2D eigenvalue weighted by molar-refractivity contribution is 0.0618. The third-order valence-corrected chi connectivity index (χ3v) is 5.56. The fraction of sp³-hybridized carbons (Fsp3) is 0. The van der Waals surface area contributed by atoms with Crippen LogP contribution in [0.25, 0.3) is 0 Å². The van der Waals surface area contributed by atoms with Crippen LogP contribution in [0.2, 0.25) is 0 Å². The van der Waals surface area contributed by atoms with Gasteiger partial charge in [0, 0.05) is 11.1 Å². The second-order valence-electron chi connectivity index (χ2n) is 8.18. The molecule has 8 N–H and O–H groups in total.